The molecular formula is C52H41NO. The van der Waals surface area contributed by atoms with Gasteiger partial charge in [-0.25, -0.2) is 0 Å². The van der Waals surface area contributed by atoms with E-state index < -0.39 is 0 Å². The van der Waals surface area contributed by atoms with Gasteiger partial charge in [0.25, 0.3) is 0 Å². The molecule has 1 aromatic heterocycles. The molecule has 4 bridgehead atoms. The van der Waals surface area contributed by atoms with Crippen molar-refractivity contribution >= 4 is 39.0 Å². The van der Waals surface area contributed by atoms with Gasteiger partial charge in [-0.2, -0.15) is 0 Å². The fourth-order valence-corrected chi connectivity index (χ4v) is 11.9. The number of para-hydroxylation sites is 1. The van der Waals surface area contributed by atoms with Crippen molar-refractivity contribution in [3.63, 3.8) is 0 Å². The van der Waals surface area contributed by atoms with E-state index in [1.54, 1.807) is 11.1 Å². The van der Waals surface area contributed by atoms with Gasteiger partial charge in [-0.15, -0.1) is 0 Å². The fourth-order valence-electron chi connectivity index (χ4n) is 11.9. The molecule has 1 heterocycles. The summed E-state index contributed by atoms with van der Waals surface area (Å²) in [5.74, 6) is 3.24. The van der Waals surface area contributed by atoms with Crippen LogP contribution >= 0.6 is 0 Å². The number of fused-ring (bicyclic) bond motifs is 6. The van der Waals surface area contributed by atoms with Crippen molar-refractivity contribution in [3.05, 3.63) is 175 Å². The first-order valence-electron chi connectivity index (χ1n) is 19.9. The van der Waals surface area contributed by atoms with Crippen LogP contribution in [0, 0.1) is 23.7 Å². The molecule has 5 aliphatic carbocycles. The molecule has 54 heavy (non-hydrogen) atoms. The first kappa shape index (κ1) is 30.6. The van der Waals surface area contributed by atoms with Crippen molar-refractivity contribution in [1.29, 1.82) is 0 Å². The van der Waals surface area contributed by atoms with Crippen LogP contribution in [0.15, 0.2) is 168 Å². The van der Waals surface area contributed by atoms with Crippen LogP contribution in [0.5, 0.6) is 0 Å². The Balaban J connectivity index is 1.06. The van der Waals surface area contributed by atoms with Gasteiger partial charge in [-0.1, -0.05) is 109 Å². The van der Waals surface area contributed by atoms with Crippen LogP contribution in [-0.2, 0) is 5.41 Å². The second-order valence-corrected chi connectivity index (χ2v) is 16.6. The highest BCUT2D eigenvalue weighted by atomic mass is 16.3. The van der Waals surface area contributed by atoms with Crippen LogP contribution in [-0.4, -0.2) is 0 Å². The Morgan fingerprint density at radius 3 is 1.72 bits per heavy atom. The third kappa shape index (κ3) is 4.40. The lowest BCUT2D eigenvalue weighted by Crippen LogP contribution is -2.55. The Morgan fingerprint density at radius 2 is 0.981 bits per heavy atom. The standard InChI is InChI=1S/C52H41NO/c1-3-9-35(10-4-1)37-15-18-41(19-16-37)53(43-21-24-51-47(32-43)45-13-7-8-14-50(45)54-51)42-20-23-48-46(31-42)44-22-17-38(36-11-5-2-6-12-36)30-49(44)52(48)39-26-33-25-34(28-39)29-40(52)27-33/h1-24,30-34,39-40H,25-29H2. The molecule has 7 aromatic carbocycles. The minimum atomic E-state index is 0.0954. The molecule has 8 aromatic rings. The maximum atomic E-state index is 6.30. The molecule has 0 amide bonds. The van der Waals surface area contributed by atoms with Crippen LogP contribution in [0.1, 0.15) is 43.2 Å². The minimum absolute atomic E-state index is 0.0954. The summed E-state index contributed by atoms with van der Waals surface area (Å²) in [6.45, 7) is 0. The third-order valence-corrected chi connectivity index (χ3v) is 13.8. The van der Waals surface area contributed by atoms with E-state index in [4.69, 9.17) is 4.42 Å². The van der Waals surface area contributed by atoms with Gasteiger partial charge in [0, 0.05) is 33.2 Å². The summed E-state index contributed by atoms with van der Waals surface area (Å²) in [7, 11) is 0. The second-order valence-electron chi connectivity index (χ2n) is 16.6. The van der Waals surface area contributed by atoms with Crippen LogP contribution in [0.3, 0.4) is 0 Å². The molecule has 0 unspecified atom stereocenters. The lowest BCUT2D eigenvalue weighted by atomic mass is 9.43. The molecule has 2 nitrogen and oxygen atoms in total. The molecule has 0 atom stereocenters. The Labute approximate surface area is 316 Å². The number of benzene rings is 7. The molecule has 4 saturated carbocycles. The second kappa shape index (κ2) is 11.6. The molecule has 4 fully saturated rings. The SMILES string of the molecule is c1ccc(-c2ccc(N(c3ccc4c(c3)-c3ccc(-c5ccccc5)cc3C43C4CC5CC(C4)CC3C5)c3ccc4oc5ccccc5c4c3)cc2)cc1. The summed E-state index contributed by atoms with van der Waals surface area (Å²) in [5.41, 5.74) is 16.5. The van der Waals surface area contributed by atoms with Gasteiger partial charge < -0.3 is 9.32 Å². The largest absolute Gasteiger partial charge is 0.456 e. The molecule has 5 aliphatic rings. The van der Waals surface area contributed by atoms with Crippen molar-refractivity contribution in [3.8, 4) is 33.4 Å². The van der Waals surface area contributed by atoms with Crippen LogP contribution < -0.4 is 4.90 Å². The lowest BCUT2D eigenvalue weighted by Gasteiger charge is -2.61. The normalized spacial score (nSPS) is 23.3. The molecule has 0 N–H and O–H groups in total. The number of furan rings is 1. The monoisotopic (exact) mass is 695 g/mol. The number of hydrogen-bond acceptors (Lipinski definition) is 2. The Kier molecular flexibility index (Phi) is 6.55. The van der Waals surface area contributed by atoms with Crippen molar-refractivity contribution in [1.82, 2.24) is 0 Å². The Morgan fingerprint density at radius 1 is 0.407 bits per heavy atom. The molecule has 2 heteroatoms. The summed E-state index contributed by atoms with van der Waals surface area (Å²) < 4.78 is 6.30. The smallest absolute Gasteiger partial charge is 0.135 e. The first-order valence-corrected chi connectivity index (χ1v) is 19.9. The highest BCUT2D eigenvalue weighted by Crippen LogP contribution is 2.69. The van der Waals surface area contributed by atoms with E-state index in [0.29, 0.717) is 11.8 Å². The summed E-state index contributed by atoms with van der Waals surface area (Å²) >= 11 is 0. The van der Waals surface area contributed by atoms with Crippen molar-refractivity contribution in [2.45, 2.75) is 37.5 Å². The summed E-state index contributed by atoms with van der Waals surface area (Å²) in [5, 5.41) is 2.29. The van der Waals surface area contributed by atoms with Crippen molar-refractivity contribution < 1.29 is 4.42 Å². The highest BCUT2D eigenvalue weighted by molar-refractivity contribution is 6.06. The van der Waals surface area contributed by atoms with E-state index in [-0.39, 0.29) is 5.41 Å². The molecule has 13 rings (SSSR count). The van der Waals surface area contributed by atoms with E-state index in [1.807, 2.05) is 6.07 Å². The average molecular weight is 696 g/mol. The van der Waals surface area contributed by atoms with E-state index in [1.165, 1.54) is 71.2 Å². The van der Waals surface area contributed by atoms with Crippen molar-refractivity contribution in [2.24, 2.45) is 23.7 Å². The maximum absolute atomic E-state index is 6.30. The van der Waals surface area contributed by atoms with Gasteiger partial charge >= 0.3 is 0 Å². The van der Waals surface area contributed by atoms with E-state index in [2.05, 4.69) is 163 Å². The zero-order valence-electron chi connectivity index (χ0n) is 30.3. The number of hydrogen-bond donors (Lipinski definition) is 0. The number of anilines is 3. The van der Waals surface area contributed by atoms with Gasteiger partial charge in [0.15, 0.2) is 0 Å². The summed E-state index contributed by atoms with van der Waals surface area (Å²) in [6.07, 6.45) is 6.97. The van der Waals surface area contributed by atoms with E-state index in [9.17, 15) is 0 Å². The van der Waals surface area contributed by atoms with Crippen LogP contribution in [0.25, 0.3) is 55.3 Å². The van der Waals surface area contributed by atoms with Gasteiger partial charge in [-0.05, 0) is 155 Å². The number of rotatable bonds is 5. The zero-order chi connectivity index (χ0) is 35.4. The molecule has 0 radical (unpaired) electrons. The van der Waals surface area contributed by atoms with Gasteiger partial charge in [0.2, 0.25) is 0 Å². The molecule has 260 valence electrons. The minimum Gasteiger partial charge on any atom is -0.456 e. The molecule has 0 aliphatic heterocycles. The average Bonchev–Trinajstić information content (AvgIpc) is 3.74. The quantitative estimate of drug-likeness (QED) is 0.178. The summed E-state index contributed by atoms with van der Waals surface area (Å²) in [4.78, 5) is 2.45. The van der Waals surface area contributed by atoms with E-state index in [0.717, 1.165) is 45.1 Å². The fraction of sp³-hybridized carbons (Fsp3) is 0.192. The third-order valence-electron chi connectivity index (χ3n) is 13.8. The predicted octanol–water partition coefficient (Wildman–Crippen LogP) is 14.1. The van der Waals surface area contributed by atoms with Gasteiger partial charge in [0.1, 0.15) is 11.2 Å². The number of nitrogens with zero attached hydrogens (tertiary/aromatic N) is 1. The molecular weight excluding hydrogens is 655 g/mol. The summed E-state index contributed by atoms with van der Waals surface area (Å²) in [6, 6.07) is 60.8. The topological polar surface area (TPSA) is 16.4 Å². The first-order chi connectivity index (χ1) is 26.7. The van der Waals surface area contributed by atoms with Gasteiger partial charge in [0.05, 0.1) is 0 Å². The van der Waals surface area contributed by atoms with Crippen LogP contribution in [0.4, 0.5) is 17.1 Å². The van der Waals surface area contributed by atoms with E-state index >= 15 is 0 Å². The maximum Gasteiger partial charge on any atom is 0.135 e. The van der Waals surface area contributed by atoms with Gasteiger partial charge in [-0.3, -0.25) is 0 Å². The van der Waals surface area contributed by atoms with Crippen molar-refractivity contribution in [2.75, 3.05) is 4.90 Å². The lowest BCUT2D eigenvalue weighted by molar-refractivity contribution is -0.0399. The predicted molar refractivity (Wildman–Crippen MR) is 223 cm³/mol. The Hall–Kier alpha value is -5.86. The zero-order valence-corrected chi connectivity index (χ0v) is 30.3. The highest BCUT2D eigenvalue weighted by Gasteiger charge is 2.61. The molecule has 1 spiro atoms. The van der Waals surface area contributed by atoms with Crippen LogP contribution in [0.2, 0.25) is 0 Å². The molecule has 0 saturated heterocycles. The Bertz CT molecular complexity index is 2690.